The first-order chi connectivity index (χ1) is 5.82. The topological polar surface area (TPSA) is 101 Å². The lowest BCUT2D eigenvalue weighted by Gasteiger charge is -2.09. The molecule has 1 aliphatic carbocycles. The van der Waals surface area contributed by atoms with Crippen LogP contribution in [0.5, 0.6) is 0 Å². The Kier molecular flexibility index (Phi) is 3.47. The molecule has 1 aliphatic rings. The average Bonchev–Trinajstić information content (AvgIpc) is 2.54. The average molecular weight is 228 g/mol. The van der Waals surface area contributed by atoms with Gasteiger partial charge >= 0.3 is 11.9 Å². The van der Waals surface area contributed by atoms with Crippen molar-refractivity contribution in [1.29, 1.82) is 0 Å². The number of carboxylic acid groups (broad SMARTS) is 2. The summed E-state index contributed by atoms with van der Waals surface area (Å²) in [4.78, 5) is 20.5. The van der Waals surface area contributed by atoms with Gasteiger partial charge in [-0.15, -0.1) is 12.4 Å². The molecule has 1 saturated carbocycles. The zero-order valence-electron chi connectivity index (χ0n) is 7.20. The summed E-state index contributed by atoms with van der Waals surface area (Å²) in [6.45, 7) is 0. The first-order valence-electron chi connectivity index (χ1n) is 3.75. The molecule has 2 atom stereocenters. The van der Waals surface area contributed by atoms with Crippen LogP contribution >= 0.6 is 12.4 Å². The van der Waals surface area contributed by atoms with E-state index in [1.54, 1.807) is 0 Å². The first kappa shape index (κ1) is 13.1. The van der Waals surface area contributed by atoms with Crippen molar-refractivity contribution >= 4 is 24.3 Å². The molecule has 0 saturated heterocycles. The summed E-state index contributed by atoms with van der Waals surface area (Å²) in [6, 6.07) is 0. The van der Waals surface area contributed by atoms with Crippen LogP contribution in [0.15, 0.2) is 0 Å². The molecule has 0 radical (unpaired) electrons. The maximum Gasteiger partial charge on any atom is 0.327 e. The third-order valence-electron chi connectivity index (χ3n) is 2.35. The van der Waals surface area contributed by atoms with Gasteiger partial charge in [0.05, 0.1) is 0 Å². The molecule has 0 bridgehead atoms. The van der Waals surface area contributed by atoms with Gasteiger partial charge in [-0.3, -0.25) is 9.59 Å². The number of rotatable bonds is 4. The van der Waals surface area contributed by atoms with E-state index in [4.69, 9.17) is 15.9 Å². The Labute approximate surface area is 85.5 Å². The van der Waals surface area contributed by atoms with Crippen LogP contribution in [0.4, 0.5) is 4.39 Å². The third-order valence-corrected chi connectivity index (χ3v) is 2.35. The molecule has 82 valence electrons. The van der Waals surface area contributed by atoms with Crippen molar-refractivity contribution in [3.8, 4) is 0 Å². The number of carboxylic acids is 2. The fraction of sp³-hybridized carbons (Fsp3) is 0.714. The van der Waals surface area contributed by atoms with Crippen LogP contribution in [0.25, 0.3) is 0 Å². The van der Waals surface area contributed by atoms with E-state index in [1.165, 1.54) is 0 Å². The number of hydrogen-bond acceptors (Lipinski definition) is 3. The van der Waals surface area contributed by atoms with Crippen molar-refractivity contribution in [3.63, 3.8) is 0 Å². The van der Waals surface area contributed by atoms with E-state index in [2.05, 4.69) is 0 Å². The van der Waals surface area contributed by atoms with E-state index in [9.17, 15) is 14.0 Å². The van der Waals surface area contributed by atoms with Crippen LogP contribution in [0.2, 0.25) is 0 Å². The number of hydrogen-bond donors (Lipinski definition) is 3. The van der Waals surface area contributed by atoms with Gasteiger partial charge in [0, 0.05) is 12.8 Å². The Hall–Kier alpha value is -0.880. The van der Waals surface area contributed by atoms with Crippen LogP contribution in [-0.2, 0) is 9.59 Å². The monoisotopic (exact) mass is 227 g/mol. The summed E-state index contributed by atoms with van der Waals surface area (Å²) >= 11 is 0. The van der Waals surface area contributed by atoms with Gasteiger partial charge in [-0.1, -0.05) is 0 Å². The van der Waals surface area contributed by atoms with Crippen LogP contribution in [0.1, 0.15) is 19.3 Å². The van der Waals surface area contributed by atoms with Gasteiger partial charge in [-0.2, -0.15) is 0 Å². The zero-order chi connectivity index (χ0) is 10.3. The van der Waals surface area contributed by atoms with E-state index >= 15 is 0 Å². The number of alkyl halides is 1. The summed E-state index contributed by atoms with van der Waals surface area (Å²) < 4.78 is 13.4. The Bertz CT molecular complexity index is 274. The molecule has 1 fully saturated rings. The van der Waals surface area contributed by atoms with Gasteiger partial charge in [0.25, 0.3) is 0 Å². The van der Waals surface area contributed by atoms with Crippen LogP contribution in [0.3, 0.4) is 0 Å². The normalized spacial score (nSPS) is 34.4. The van der Waals surface area contributed by atoms with Crippen molar-refractivity contribution < 1.29 is 24.2 Å². The second-order valence-electron chi connectivity index (χ2n) is 3.31. The minimum absolute atomic E-state index is 0. The third kappa shape index (κ3) is 1.96. The highest BCUT2D eigenvalue weighted by atomic mass is 35.5. The van der Waals surface area contributed by atoms with Crippen molar-refractivity contribution in [2.75, 3.05) is 0 Å². The molecule has 0 unspecified atom stereocenters. The van der Waals surface area contributed by atoms with Gasteiger partial charge < -0.3 is 15.9 Å². The maximum atomic E-state index is 13.4. The molecule has 0 aromatic rings. The molecule has 4 N–H and O–H groups in total. The molecule has 0 amide bonds. The highest BCUT2D eigenvalue weighted by Crippen LogP contribution is 2.52. The lowest BCUT2D eigenvalue weighted by Crippen LogP contribution is -2.40. The predicted molar refractivity (Wildman–Crippen MR) is 47.1 cm³/mol. The minimum Gasteiger partial charge on any atom is -0.481 e. The lowest BCUT2D eigenvalue weighted by atomic mass is 10.1. The molecule has 0 spiro atoms. The molecule has 0 aromatic carbocycles. The lowest BCUT2D eigenvalue weighted by molar-refractivity contribution is -0.142. The molecule has 1 rings (SSSR count). The molecule has 0 aromatic heterocycles. The summed E-state index contributed by atoms with van der Waals surface area (Å²) in [5.74, 6) is -2.57. The Morgan fingerprint density at radius 3 is 2.21 bits per heavy atom. The first-order valence-corrected chi connectivity index (χ1v) is 3.75. The van der Waals surface area contributed by atoms with Crippen molar-refractivity contribution in [2.24, 2.45) is 5.73 Å². The summed E-state index contributed by atoms with van der Waals surface area (Å²) in [5.41, 5.74) is 1.27. The van der Waals surface area contributed by atoms with E-state index < -0.39 is 29.6 Å². The molecule has 7 heteroatoms. The van der Waals surface area contributed by atoms with Gasteiger partial charge in [-0.25, -0.2) is 4.39 Å². The highest BCUT2D eigenvalue weighted by Gasteiger charge is 2.71. The number of halogens is 2. The fourth-order valence-corrected chi connectivity index (χ4v) is 1.28. The van der Waals surface area contributed by atoms with Gasteiger partial charge in [0.2, 0.25) is 0 Å². The Morgan fingerprint density at radius 1 is 1.43 bits per heavy atom. The smallest absolute Gasteiger partial charge is 0.327 e. The van der Waals surface area contributed by atoms with Gasteiger partial charge in [0.15, 0.2) is 5.54 Å². The molecule has 5 nitrogen and oxygen atoms in total. The number of nitrogens with two attached hydrogens (primary N) is 1. The van der Waals surface area contributed by atoms with Crippen molar-refractivity contribution in [3.05, 3.63) is 0 Å². The molecule has 14 heavy (non-hydrogen) atoms. The molecular weight excluding hydrogens is 217 g/mol. The standard InChI is InChI=1S/C7H10FNO4.ClH/c8-6(2-1-4(10)11)3-7(6,9)5(12)13;/h1-3,9H2,(H,10,11)(H,12,13);1H/t6-,7-;/m0./s1. The van der Waals surface area contributed by atoms with E-state index in [-0.39, 0.29) is 25.2 Å². The Balaban J connectivity index is 0.00000169. The molecule has 0 aliphatic heterocycles. The van der Waals surface area contributed by atoms with Crippen molar-refractivity contribution in [1.82, 2.24) is 0 Å². The van der Waals surface area contributed by atoms with E-state index in [1.807, 2.05) is 0 Å². The Morgan fingerprint density at radius 2 is 1.93 bits per heavy atom. The minimum atomic E-state index is -2.04. The molecular formula is C7H11ClFNO4. The van der Waals surface area contributed by atoms with Gasteiger partial charge in [-0.05, 0) is 6.42 Å². The fourth-order valence-electron chi connectivity index (χ4n) is 1.28. The summed E-state index contributed by atoms with van der Waals surface area (Å²) in [5, 5.41) is 16.8. The van der Waals surface area contributed by atoms with E-state index in [0.29, 0.717) is 0 Å². The number of aliphatic carboxylic acids is 2. The van der Waals surface area contributed by atoms with Crippen LogP contribution < -0.4 is 5.73 Å². The SMILES string of the molecule is Cl.N[C@]1(C(=O)O)C[C@@]1(F)CCC(=O)O. The number of carbonyl (C=O) groups is 2. The van der Waals surface area contributed by atoms with Crippen LogP contribution in [-0.4, -0.2) is 33.4 Å². The molecule has 0 heterocycles. The quantitative estimate of drug-likeness (QED) is 0.636. The van der Waals surface area contributed by atoms with Gasteiger partial charge in [0.1, 0.15) is 5.67 Å². The zero-order valence-corrected chi connectivity index (χ0v) is 8.01. The second-order valence-corrected chi connectivity index (χ2v) is 3.31. The summed E-state index contributed by atoms with van der Waals surface area (Å²) in [7, 11) is 0. The highest BCUT2D eigenvalue weighted by molar-refractivity contribution is 5.86. The van der Waals surface area contributed by atoms with Crippen molar-refractivity contribution in [2.45, 2.75) is 30.5 Å². The maximum absolute atomic E-state index is 13.4. The van der Waals surface area contributed by atoms with E-state index in [0.717, 1.165) is 0 Å². The second kappa shape index (κ2) is 3.70. The largest absolute Gasteiger partial charge is 0.481 e. The predicted octanol–water partition coefficient (Wildman–Crippen LogP) is 0.167. The van der Waals surface area contributed by atoms with Crippen LogP contribution in [0, 0.1) is 0 Å². The summed E-state index contributed by atoms with van der Waals surface area (Å²) in [6.07, 6.45) is -1.05.